The number of thioether (sulfide) groups is 1. The molecule has 3 aromatic carbocycles. The average Bonchev–Trinajstić information content (AvgIpc) is 2.80. The van der Waals surface area contributed by atoms with Gasteiger partial charge in [-0.05, 0) is 42.3 Å². The summed E-state index contributed by atoms with van der Waals surface area (Å²) in [4.78, 5) is 32.5. The van der Waals surface area contributed by atoms with Gasteiger partial charge in [-0.3, -0.25) is 14.2 Å². The van der Waals surface area contributed by atoms with Crippen LogP contribution in [0.1, 0.15) is 11.1 Å². The molecule has 0 aliphatic rings. The van der Waals surface area contributed by atoms with Gasteiger partial charge in [-0.25, -0.2) is 4.98 Å². The van der Waals surface area contributed by atoms with Gasteiger partial charge >= 0.3 is 0 Å². The third kappa shape index (κ3) is 4.71. The molecule has 0 saturated carbocycles. The fraction of sp³-hybridized carbons (Fsp3) is 0.160. The van der Waals surface area contributed by atoms with Gasteiger partial charge in [0.1, 0.15) is 0 Å². The van der Waals surface area contributed by atoms with Gasteiger partial charge in [0.2, 0.25) is 5.91 Å². The lowest BCUT2D eigenvalue weighted by molar-refractivity contribution is -0.127. The number of fused-ring (bicyclic) bond motifs is 1. The number of nitrogens with zero attached hydrogens (tertiary/aromatic N) is 3. The molecule has 0 N–H and O–H groups in total. The highest BCUT2D eigenvalue weighted by Crippen LogP contribution is 2.25. The molecule has 1 aromatic heterocycles. The van der Waals surface area contributed by atoms with E-state index in [1.54, 1.807) is 30.1 Å². The van der Waals surface area contributed by atoms with E-state index in [0.717, 1.165) is 11.1 Å². The van der Waals surface area contributed by atoms with Crippen LogP contribution in [0.3, 0.4) is 0 Å². The summed E-state index contributed by atoms with van der Waals surface area (Å²) in [6, 6.07) is 22.5. The number of para-hydroxylation sites is 1. The molecule has 0 atom stereocenters. The molecule has 1 amide bonds. The maximum Gasteiger partial charge on any atom is 0.266 e. The van der Waals surface area contributed by atoms with E-state index >= 15 is 0 Å². The fourth-order valence-electron chi connectivity index (χ4n) is 3.34. The first-order valence-corrected chi connectivity index (χ1v) is 11.5. The van der Waals surface area contributed by atoms with Crippen LogP contribution in [0.5, 0.6) is 0 Å². The number of carbonyl (C=O) groups is 1. The molecule has 1 heterocycles. The molecule has 0 spiro atoms. The Morgan fingerprint density at radius 1 is 1.06 bits per heavy atom. The Balaban J connectivity index is 1.66. The van der Waals surface area contributed by atoms with Gasteiger partial charge in [-0.15, -0.1) is 0 Å². The standard InChI is InChI=1S/C25H22ClN3O2S/c1-17-12-13-19(14-21(17)26)29-24(31)20-10-6-7-11-22(20)27-25(29)32-16-23(30)28(2)15-18-8-4-3-5-9-18/h3-14H,15-16H2,1-2H3. The van der Waals surface area contributed by atoms with Gasteiger partial charge in [0, 0.05) is 18.6 Å². The van der Waals surface area contributed by atoms with E-state index in [1.165, 1.54) is 16.3 Å². The molecule has 32 heavy (non-hydrogen) atoms. The number of aromatic nitrogens is 2. The minimum absolute atomic E-state index is 0.0465. The van der Waals surface area contributed by atoms with Crippen LogP contribution in [0.15, 0.2) is 82.7 Å². The molecule has 0 aliphatic heterocycles. The first-order chi connectivity index (χ1) is 15.4. The summed E-state index contributed by atoms with van der Waals surface area (Å²) in [5, 5.41) is 1.54. The van der Waals surface area contributed by atoms with E-state index in [0.29, 0.717) is 33.3 Å². The summed E-state index contributed by atoms with van der Waals surface area (Å²) in [5.41, 5.74) is 3.01. The number of amides is 1. The molecular formula is C25H22ClN3O2S. The molecule has 7 heteroatoms. The molecule has 0 unspecified atom stereocenters. The Morgan fingerprint density at radius 2 is 1.78 bits per heavy atom. The van der Waals surface area contributed by atoms with E-state index in [-0.39, 0.29) is 17.2 Å². The smallest absolute Gasteiger partial charge is 0.266 e. The van der Waals surface area contributed by atoms with Crippen molar-refractivity contribution >= 4 is 40.2 Å². The second kappa shape index (κ2) is 9.59. The average molecular weight is 464 g/mol. The van der Waals surface area contributed by atoms with Gasteiger partial charge in [0.05, 0.1) is 22.3 Å². The van der Waals surface area contributed by atoms with Crippen molar-refractivity contribution in [3.63, 3.8) is 0 Å². The number of hydrogen-bond acceptors (Lipinski definition) is 4. The molecule has 0 radical (unpaired) electrons. The SMILES string of the molecule is Cc1ccc(-n2c(SCC(=O)N(C)Cc3ccccc3)nc3ccccc3c2=O)cc1Cl. The van der Waals surface area contributed by atoms with Crippen molar-refractivity contribution in [3.05, 3.63) is 99.3 Å². The molecule has 5 nitrogen and oxygen atoms in total. The van der Waals surface area contributed by atoms with Gasteiger partial charge < -0.3 is 4.90 Å². The summed E-state index contributed by atoms with van der Waals surface area (Å²) in [6.45, 7) is 2.43. The van der Waals surface area contributed by atoms with Gasteiger partial charge in [-0.2, -0.15) is 0 Å². The Kier molecular flexibility index (Phi) is 6.63. The van der Waals surface area contributed by atoms with Crippen LogP contribution in [0, 0.1) is 6.92 Å². The van der Waals surface area contributed by atoms with Crippen molar-refractivity contribution in [2.24, 2.45) is 0 Å². The van der Waals surface area contributed by atoms with Crippen molar-refractivity contribution in [2.45, 2.75) is 18.6 Å². The zero-order chi connectivity index (χ0) is 22.7. The normalized spacial score (nSPS) is 11.0. The van der Waals surface area contributed by atoms with E-state index < -0.39 is 0 Å². The Hall–Kier alpha value is -3.09. The molecule has 4 rings (SSSR count). The maximum atomic E-state index is 13.3. The lowest BCUT2D eigenvalue weighted by Crippen LogP contribution is -2.28. The molecule has 0 aliphatic carbocycles. The predicted octanol–water partition coefficient (Wildman–Crippen LogP) is 5.10. The van der Waals surface area contributed by atoms with Crippen LogP contribution in [-0.2, 0) is 11.3 Å². The summed E-state index contributed by atoms with van der Waals surface area (Å²) in [6.07, 6.45) is 0. The largest absolute Gasteiger partial charge is 0.341 e. The number of carbonyl (C=O) groups excluding carboxylic acids is 1. The second-order valence-electron chi connectivity index (χ2n) is 7.51. The number of hydrogen-bond donors (Lipinski definition) is 0. The number of aryl methyl sites for hydroxylation is 1. The summed E-state index contributed by atoms with van der Waals surface area (Å²) in [7, 11) is 1.77. The predicted molar refractivity (Wildman–Crippen MR) is 131 cm³/mol. The zero-order valence-electron chi connectivity index (χ0n) is 17.8. The number of rotatable bonds is 6. The van der Waals surface area contributed by atoms with Crippen molar-refractivity contribution in [2.75, 3.05) is 12.8 Å². The molecule has 0 saturated heterocycles. The van der Waals surface area contributed by atoms with E-state index in [4.69, 9.17) is 16.6 Å². The van der Waals surface area contributed by atoms with Crippen LogP contribution < -0.4 is 5.56 Å². The zero-order valence-corrected chi connectivity index (χ0v) is 19.4. The van der Waals surface area contributed by atoms with Crippen molar-refractivity contribution in [3.8, 4) is 5.69 Å². The van der Waals surface area contributed by atoms with Crippen LogP contribution in [0.25, 0.3) is 16.6 Å². The molecule has 0 bridgehead atoms. The number of halogens is 1. The van der Waals surface area contributed by atoms with E-state index in [9.17, 15) is 9.59 Å². The quantitative estimate of drug-likeness (QED) is 0.295. The minimum atomic E-state index is -0.192. The third-order valence-corrected chi connectivity index (χ3v) is 6.50. The monoisotopic (exact) mass is 463 g/mol. The van der Waals surface area contributed by atoms with Gasteiger partial charge in [0.15, 0.2) is 5.16 Å². The molecule has 162 valence electrons. The second-order valence-corrected chi connectivity index (χ2v) is 8.86. The fourth-order valence-corrected chi connectivity index (χ4v) is 4.47. The Labute approximate surface area is 195 Å². The maximum absolute atomic E-state index is 13.3. The summed E-state index contributed by atoms with van der Waals surface area (Å²) < 4.78 is 1.53. The highest BCUT2D eigenvalue weighted by molar-refractivity contribution is 7.99. The minimum Gasteiger partial charge on any atom is -0.341 e. The molecule has 0 fully saturated rings. The first kappa shape index (κ1) is 22.1. The lowest BCUT2D eigenvalue weighted by atomic mass is 10.2. The first-order valence-electron chi connectivity index (χ1n) is 10.1. The Bertz CT molecular complexity index is 1340. The topological polar surface area (TPSA) is 55.2 Å². The highest BCUT2D eigenvalue weighted by atomic mass is 35.5. The molecular weight excluding hydrogens is 442 g/mol. The number of benzene rings is 3. The summed E-state index contributed by atoms with van der Waals surface area (Å²) >= 11 is 7.57. The third-order valence-electron chi connectivity index (χ3n) is 5.17. The highest BCUT2D eigenvalue weighted by Gasteiger charge is 2.17. The van der Waals surface area contributed by atoms with Crippen LogP contribution in [-0.4, -0.2) is 33.2 Å². The van der Waals surface area contributed by atoms with Crippen LogP contribution in [0.4, 0.5) is 0 Å². The van der Waals surface area contributed by atoms with Crippen LogP contribution >= 0.6 is 23.4 Å². The van der Waals surface area contributed by atoms with E-state index in [2.05, 4.69) is 0 Å². The Morgan fingerprint density at radius 3 is 2.53 bits per heavy atom. The van der Waals surface area contributed by atoms with Gasteiger partial charge in [-0.1, -0.05) is 71.9 Å². The van der Waals surface area contributed by atoms with Crippen molar-refractivity contribution in [1.29, 1.82) is 0 Å². The van der Waals surface area contributed by atoms with Crippen LogP contribution in [0.2, 0.25) is 5.02 Å². The van der Waals surface area contributed by atoms with Crippen molar-refractivity contribution < 1.29 is 4.79 Å². The summed E-state index contributed by atoms with van der Waals surface area (Å²) in [5.74, 6) is 0.114. The lowest BCUT2D eigenvalue weighted by Gasteiger charge is -2.18. The van der Waals surface area contributed by atoms with Crippen molar-refractivity contribution in [1.82, 2.24) is 14.5 Å². The molecule has 4 aromatic rings. The van der Waals surface area contributed by atoms with E-state index in [1.807, 2.05) is 61.5 Å². The van der Waals surface area contributed by atoms with Gasteiger partial charge in [0.25, 0.3) is 5.56 Å².